The molecule has 0 amide bonds. The summed E-state index contributed by atoms with van der Waals surface area (Å²) in [6.07, 6.45) is 0. The molecule has 0 saturated heterocycles. The first-order valence-electron chi connectivity index (χ1n) is 19.9. The Hall–Kier alpha value is -7.42. The fourth-order valence-electron chi connectivity index (χ4n) is 10.7. The first kappa shape index (κ1) is 30.9. The van der Waals surface area contributed by atoms with Crippen LogP contribution in [0.25, 0.3) is 88.4 Å². The second-order valence-electron chi connectivity index (χ2n) is 15.6. The maximum atomic E-state index is 2.49. The standard InChI is InChI=1S/C55H34N2/c1-2-16-37(17-3-1)57-50-27-12-7-22-43(50)44-31-32-52-53(54(44)57)45-23-8-13-28-51(45)56(52)38-18-14-15-35(33-38)36-29-30-42-41-21-6-11-26-48(41)55(49(42)34-36)46-24-9-4-19-39(46)40-20-5-10-25-47(40)55/h1-34H. The maximum Gasteiger partial charge on any atom is 0.0725 e. The zero-order chi connectivity index (χ0) is 37.2. The lowest BCUT2D eigenvalue weighted by Crippen LogP contribution is -2.25. The molecule has 9 aromatic carbocycles. The molecule has 57 heavy (non-hydrogen) atoms. The molecule has 264 valence electrons. The molecule has 11 aromatic rings. The van der Waals surface area contributed by atoms with E-state index in [-0.39, 0.29) is 5.41 Å². The molecular weight excluding hydrogens is 689 g/mol. The van der Waals surface area contributed by atoms with Crippen LogP contribution in [0.15, 0.2) is 206 Å². The van der Waals surface area contributed by atoms with Gasteiger partial charge in [0.15, 0.2) is 0 Å². The number of hydrogen-bond donors (Lipinski definition) is 0. The molecule has 0 unspecified atom stereocenters. The third-order valence-corrected chi connectivity index (χ3v) is 12.9. The van der Waals surface area contributed by atoms with Gasteiger partial charge in [0.25, 0.3) is 0 Å². The van der Waals surface area contributed by atoms with E-state index < -0.39 is 0 Å². The summed E-state index contributed by atoms with van der Waals surface area (Å²) in [6, 6.07) is 76.6. The summed E-state index contributed by atoms with van der Waals surface area (Å²) >= 11 is 0. The van der Waals surface area contributed by atoms with E-state index >= 15 is 0 Å². The highest BCUT2D eigenvalue weighted by Crippen LogP contribution is 2.63. The first-order chi connectivity index (χ1) is 28.3. The second kappa shape index (κ2) is 11.3. The van der Waals surface area contributed by atoms with Gasteiger partial charge in [-0.2, -0.15) is 0 Å². The average Bonchev–Trinajstić information content (AvgIpc) is 3.99. The van der Waals surface area contributed by atoms with Crippen molar-refractivity contribution in [3.63, 3.8) is 0 Å². The third-order valence-electron chi connectivity index (χ3n) is 12.9. The molecule has 2 heterocycles. The van der Waals surface area contributed by atoms with Crippen LogP contribution in [0.3, 0.4) is 0 Å². The SMILES string of the molecule is c1ccc(-n2c3ccccc3c3ccc4c(c5ccccc5n4-c4cccc(-c5ccc6c(c5)C5(c7ccccc7-c7ccccc75)c5ccccc5-6)c4)c32)cc1. The highest BCUT2D eigenvalue weighted by atomic mass is 15.0. The van der Waals surface area contributed by atoms with E-state index in [0.29, 0.717) is 0 Å². The Balaban J connectivity index is 1.05. The summed E-state index contributed by atoms with van der Waals surface area (Å²) in [6.45, 7) is 0. The van der Waals surface area contributed by atoms with Gasteiger partial charge < -0.3 is 9.13 Å². The van der Waals surface area contributed by atoms with Gasteiger partial charge in [0, 0.05) is 32.9 Å². The lowest BCUT2D eigenvalue weighted by Gasteiger charge is -2.30. The summed E-state index contributed by atoms with van der Waals surface area (Å²) in [5.41, 5.74) is 20.0. The molecule has 2 aliphatic rings. The van der Waals surface area contributed by atoms with Crippen LogP contribution in [0.4, 0.5) is 0 Å². The number of benzene rings is 9. The predicted octanol–water partition coefficient (Wildman–Crippen LogP) is 13.9. The van der Waals surface area contributed by atoms with Crippen molar-refractivity contribution in [3.8, 4) is 44.8 Å². The van der Waals surface area contributed by atoms with Crippen LogP contribution in [0.1, 0.15) is 22.3 Å². The Morgan fingerprint density at radius 3 is 1.54 bits per heavy atom. The van der Waals surface area contributed by atoms with Crippen LogP contribution in [-0.4, -0.2) is 9.13 Å². The van der Waals surface area contributed by atoms with Crippen molar-refractivity contribution in [3.05, 3.63) is 229 Å². The van der Waals surface area contributed by atoms with Gasteiger partial charge in [-0.3, -0.25) is 0 Å². The van der Waals surface area contributed by atoms with Crippen molar-refractivity contribution in [1.82, 2.24) is 9.13 Å². The van der Waals surface area contributed by atoms with Crippen LogP contribution in [-0.2, 0) is 5.41 Å². The number of aromatic nitrogens is 2. The molecule has 1 spiro atoms. The molecule has 2 aromatic heterocycles. The Kier molecular flexibility index (Phi) is 6.13. The largest absolute Gasteiger partial charge is 0.309 e. The van der Waals surface area contributed by atoms with Crippen molar-refractivity contribution in [2.24, 2.45) is 0 Å². The third kappa shape index (κ3) is 3.94. The zero-order valence-electron chi connectivity index (χ0n) is 31.0. The number of rotatable bonds is 3. The lowest BCUT2D eigenvalue weighted by molar-refractivity contribution is 0.794. The number of nitrogens with zero attached hydrogens (tertiary/aromatic N) is 2. The molecule has 2 nitrogen and oxygen atoms in total. The Bertz CT molecular complexity index is 3410. The van der Waals surface area contributed by atoms with Gasteiger partial charge in [0.05, 0.1) is 27.5 Å². The highest BCUT2D eigenvalue weighted by molar-refractivity contribution is 6.26. The van der Waals surface area contributed by atoms with Crippen molar-refractivity contribution < 1.29 is 0 Å². The van der Waals surface area contributed by atoms with Crippen molar-refractivity contribution >= 4 is 43.6 Å². The molecule has 2 aliphatic carbocycles. The smallest absolute Gasteiger partial charge is 0.0725 e. The number of hydrogen-bond acceptors (Lipinski definition) is 0. The maximum absolute atomic E-state index is 2.49. The molecule has 13 rings (SSSR count). The Morgan fingerprint density at radius 2 is 0.842 bits per heavy atom. The average molecular weight is 723 g/mol. The van der Waals surface area contributed by atoms with E-state index in [0.717, 1.165) is 5.69 Å². The summed E-state index contributed by atoms with van der Waals surface area (Å²) in [5, 5.41) is 5.05. The minimum absolute atomic E-state index is 0.373. The van der Waals surface area contributed by atoms with Crippen LogP contribution in [0.2, 0.25) is 0 Å². The van der Waals surface area contributed by atoms with Crippen LogP contribution in [0, 0.1) is 0 Å². The van der Waals surface area contributed by atoms with E-state index in [1.165, 1.54) is 105 Å². The quantitative estimate of drug-likeness (QED) is 0.172. The molecular formula is C55H34N2. The van der Waals surface area contributed by atoms with Gasteiger partial charge in [-0.1, -0.05) is 158 Å². The summed E-state index contributed by atoms with van der Waals surface area (Å²) in [4.78, 5) is 0. The number of para-hydroxylation sites is 3. The molecule has 0 N–H and O–H groups in total. The van der Waals surface area contributed by atoms with Gasteiger partial charge in [-0.25, -0.2) is 0 Å². The van der Waals surface area contributed by atoms with Crippen LogP contribution in [0.5, 0.6) is 0 Å². The number of fused-ring (bicyclic) bond motifs is 17. The Morgan fingerprint density at radius 1 is 0.298 bits per heavy atom. The molecule has 0 bridgehead atoms. The molecule has 2 heteroatoms. The molecule has 0 fully saturated rings. The van der Waals surface area contributed by atoms with Crippen molar-refractivity contribution in [2.75, 3.05) is 0 Å². The van der Waals surface area contributed by atoms with E-state index in [9.17, 15) is 0 Å². The predicted molar refractivity (Wildman–Crippen MR) is 237 cm³/mol. The van der Waals surface area contributed by atoms with Gasteiger partial charge in [-0.15, -0.1) is 0 Å². The van der Waals surface area contributed by atoms with Crippen molar-refractivity contribution in [2.45, 2.75) is 5.41 Å². The van der Waals surface area contributed by atoms with Gasteiger partial charge >= 0.3 is 0 Å². The first-order valence-corrected chi connectivity index (χ1v) is 19.9. The molecule has 0 radical (unpaired) electrons. The fourth-order valence-corrected chi connectivity index (χ4v) is 10.7. The van der Waals surface area contributed by atoms with Gasteiger partial charge in [0.2, 0.25) is 0 Å². The topological polar surface area (TPSA) is 9.86 Å². The van der Waals surface area contributed by atoms with Crippen molar-refractivity contribution in [1.29, 1.82) is 0 Å². The lowest BCUT2D eigenvalue weighted by atomic mass is 9.70. The fraction of sp³-hybridized carbons (Fsp3) is 0.0182. The highest BCUT2D eigenvalue weighted by Gasteiger charge is 2.51. The minimum atomic E-state index is -0.373. The van der Waals surface area contributed by atoms with E-state index in [1.54, 1.807) is 0 Å². The molecule has 0 saturated carbocycles. The summed E-state index contributed by atoms with van der Waals surface area (Å²) < 4.78 is 4.92. The molecule has 0 atom stereocenters. The monoisotopic (exact) mass is 722 g/mol. The Labute approximate surface area is 330 Å². The van der Waals surface area contributed by atoms with E-state index in [2.05, 4.69) is 215 Å². The molecule has 0 aliphatic heterocycles. The zero-order valence-corrected chi connectivity index (χ0v) is 31.0. The summed E-state index contributed by atoms with van der Waals surface area (Å²) in [5.74, 6) is 0. The van der Waals surface area contributed by atoms with E-state index in [4.69, 9.17) is 0 Å². The van der Waals surface area contributed by atoms with Gasteiger partial charge in [0.1, 0.15) is 0 Å². The normalized spacial score (nSPS) is 13.4. The van der Waals surface area contributed by atoms with Crippen LogP contribution >= 0.6 is 0 Å². The summed E-state index contributed by atoms with van der Waals surface area (Å²) in [7, 11) is 0. The van der Waals surface area contributed by atoms with Gasteiger partial charge in [-0.05, 0) is 104 Å². The second-order valence-corrected chi connectivity index (χ2v) is 15.6. The van der Waals surface area contributed by atoms with E-state index in [1.807, 2.05) is 0 Å². The minimum Gasteiger partial charge on any atom is -0.309 e. The van der Waals surface area contributed by atoms with Crippen LogP contribution < -0.4 is 0 Å².